The van der Waals surface area contributed by atoms with Gasteiger partial charge in [0.2, 0.25) is 5.69 Å². The van der Waals surface area contributed by atoms with Gasteiger partial charge in [-0.1, -0.05) is 32.3 Å². The molecule has 0 fully saturated rings. The average Bonchev–Trinajstić information content (AvgIpc) is 2.48. The van der Waals surface area contributed by atoms with E-state index in [1.54, 1.807) is 0 Å². The first kappa shape index (κ1) is 16.8. The molecule has 2 aromatic rings. The number of aromatic nitrogens is 2. The summed E-state index contributed by atoms with van der Waals surface area (Å²) in [6, 6.07) is 12.4. The highest BCUT2D eigenvalue weighted by molar-refractivity contribution is 5.49. The Morgan fingerprint density at radius 3 is 2.50 bits per heavy atom. The van der Waals surface area contributed by atoms with Gasteiger partial charge in [-0.15, -0.1) is 0 Å². The van der Waals surface area contributed by atoms with Crippen molar-refractivity contribution in [3.8, 4) is 11.4 Å². The van der Waals surface area contributed by atoms with Crippen molar-refractivity contribution >= 4 is 0 Å². The molecule has 0 atom stereocenters. The molecule has 3 heteroatoms. The van der Waals surface area contributed by atoms with Crippen molar-refractivity contribution in [3.05, 3.63) is 48.8 Å². The summed E-state index contributed by atoms with van der Waals surface area (Å²) >= 11 is 0. The monoisotopic (exact) mass is 334 g/mol. The van der Waals surface area contributed by atoms with Gasteiger partial charge in [0.15, 0.2) is 6.20 Å². The number of halogens is 1. The summed E-state index contributed by atoms with van der Waals surface area (Å²) in [6.45, 7) is 3.33. The quantitative estimate of drug-likeness (QED) is 0.545. The highest BCUT2D eigenvalue weighted by Gasteiger charge is 2.12. The summed E-state index contributed by atoms with van der Waals surface area (Å²) < 4.78 is 2.31. The van der Waals surface area contributed by atoms with Gasteiger partial charge < -0.3 is 17.0 Å². The lowest BCUT2D eigenvalue weighted by Gasteiger charge is -2.03. The Hall–Kier alpha value is -1.22. The molecule has 0 unspecified atom stereocenters. The number of unbranched alkanes of at least 4 members (excludes halogenated alkanes) is 4. The zero-order valence-corrected chi connectivity index (χ0v) is 13.7. The molecule has 0 saturated heterocycles. The first-order chi connectivity index (χ1) is 9.42. The van der Waals surface area contributed by atoms with Crippen LogP contribution in [0.1, 0.15) is 39.0 Å². The van der Waals surface area contributed by atoms with Gasteiger partial charge in [0, 0.05) is 24.8 Å². The van der Waals surface area contributed by atoms with Crippen LogP contribution in [-0.2, 0) is 6.54 Å². The predicted octanol–water partition coefficient (Wildman–Crippen LogP) is 1.01. The highest BCUT2D eigenvalue weighted by atomic mass is 79.9. The molecule has 2 nitrogen and oxygen atoms in total. The Morgan fingerprint density at radius 2 is 1.75 bits per heavy atom. The Labute approximate surface area is 132 Å². The van der Waals surface area contributed by atoms with Crippen LogP contribution in [0, 0.1) is 0 Å². The van der Waals surface area contributed by atoms with E-state index in [2.05, 4.69) is 46.9 Å². The average molecular weight is 335 g/mol. The molecule has 0 spiro atoms. The van der Waals surface area contributed by atoms with Gasteiger partial charge in [0.25, 0.3) is 0 Å². The Kier molecular flexibility index (Phi) is 8.12. The van der Waals surface area contributed by atoms with E-state index in [1.165, 1.54) is 37.8 Å². The zero-order chi connectivity index (χ0) is 13.3. The van der Waals surface area contributed by atoms with Gasteiger partial charge in [-0.05, 0) is 24.6 Å². The highest BCUT2D eigenvalue weighted by Crippen LogP contribution is 2.11. The van der Waals surface area contributed by atoms with E-state index in [0.717, 1.165) is 12.2 Å². The molecule has 0 amide bonds. The summed E-state index contributed by atoms with van der Waals surface area (Å²) in [4.78, 5) is 4.45. The number of hydrogen-bond donors (Lipinski definition) is 0. The Balaban J connectivity index is 0.00000200. The Morgan fingerprint density at radius 1 is 0.950 bits per heavy atom. The molecule has 2 rings (SSSR count). The van der Waals surface area contributed by atoms with Crippen LogP contribution < -0.4 is 21.5 Å². The number of hydrogen-bond acceptors (Lipinski definition) is 1. The van der Waals surface area contributed by atoms with Gasteiger partial charge >= 0.3 is 0 Å². The van der Waals surface area contributed by atoms with E-state index in [9.17, 15) is 0 Å². The van der Waals surface area contributed by atoms with Crippen LogP contribution in [-0.4, -0.2) is 4.98 Å². The summed E-state index contributed by atoms with van der Waals surface area (Å²) in [5.74, 6) is 0. The zero-order valence-electron chi connectivity index (χ0n) is 12.1. The number of pyridine rings is 2. The molecule has 0 aliphatic heterocycles. The van der Waals surface area contributed by atoms with E-state index in [-0.39, 0.29) is 17.0 Å². The minimum atomic E-state index is 0. The van der Waals surface area contributed by atoms with Crippen molar-refractivity contribution < 1.29 is 21.5 Å². The first-order valence-corrected chi connectivity index (χ1v) is 7.31. The molecule has 20 heavy (non-hydrogen) atoms. The molecule has 0 aromatic carbocycles. The summed E-state index contributed by atoms with van der Waals surface area (Å²) in [5.41, 5.74) is 2.26. The van der Waals surface area contributed by atoms with Gasteiger partial charge in [0.05, 0.1) is 0 Å². The standard InChI is InChI=1S/C17H23N2.BrH/c1-2-3-4-5-9-14-19-15-10-7-12-17(19)16-11-6-8-13-18-16;/h6-8,10-13,15H,2-5,9,14H2,1H3;1H/q+1;/p-1. The molecular weight excluding hydrogens is 312 g/mol. The van der Waals surface area contributed by atoms with E-state index in [1.807, 2.05) is 18.3 Å². The molecule has 0 saturated carbocycles. The lowest BCUT2D eigenvalue weighted by molar-refractivity contribution is -0.686. The maximum atomic E-state index is 4.45. The topological polar surface area (TPSA) is 16.8 Å². The second-order valence-electron chi connectivity index (χ2n) is 4.91. The van der Waals surface area contributed by atoms with Crippen molar-refractivity contribution in [1.29, 1.82) is 0 Å². The smallest absolute Gasteiger partial charge is 0.231 e. The van der Waals surface area contributed by atoms with Crippen molar-refractivity contribution in [3.63, 3.8) is 0 Å². The molecule has 2 heterocycles. The molecule has 0 N–H and O–H groups in total. The van der Waals surface area contributed by atoms with E-state index >= 15 is 0 Å². The van der Waals surface area contributed by atoms with Crippen molar-refractivity contribution in [2.45, 2.75) is 45.6 Å². The normalized spacial score (nSPS) is 10.1. The summed E-state index contributed by atoms with van der Waals surface area (Å²) in [5, 5.41) is 0. The Bertz CT molecular complexity index is 485. The molecule has 2 aromatic heterocycles. The van der Waals surface area contributed by atoms with Gasteiger partial charge in [-0.25, -0.2) is 4.98 Å². The summed E-state index contributed by atoms with van der Waals surface area (Å²) in [6.07, 6.45) is 10.6. The van der Waals surface area contributed by atoms with Crippen molar-refractivity contribution in [2.75, 3.05) is 0 Å². The second-order valence-corrected chi connectivity index (χ2v) is 4.91. The first-order valence-electron chi connectivity index (χ1n) is 7.31. The van der Waals surface area contributed by atoms with Crippen LogP contribution in [0.5, 0.6) is 0 Å². The lowest BCUT2D eigenvalue weighted by atomic mass is 10.1. The van der Waals surface area contributed by atoms with E-state index in [4.69, 9.17) is 0 Å². The largest absolute Gasteiger partial charge is 1.00 e. The number of aryl methyl sites for hydroxylation is 1. The minimum Gasteiger partial charge on any atom is -1.00 e. The van der Waals surface area contributed by atoms with Crippen LogP contribution in [0.4, 0.5) is 0 Å². The van der Waals surface area contributed by atoms with E-state index < -0.39 is 0 Å². The third-order valence-corrected chi connectivity index (χ3v) is 3.37. The molecule has 0 aliphatic rings. The van der Waals surface area contributed by atoms with Crippen molar-refractivity contribution in [1.82, 2.24) is 4.98 Å². The van der Waals surface area contributed by atoms with Crippen LogP contribution >= 0.6 is 0 Å². The van der Waals surface area contributed by atoms with Crippen molar-refractivity contribution in [2.24, 2.45) is 0 Å². The van der Waals surface area contributed by atoms with Gasteiger partial charge in [-0.2, -0.15) is 4.57 Å². The van der Waals surface area contributed by atoms with E-state index in [0.29, 0.717) is 0 Å². The molecule has 0 aliphatic carbocycles. The maximum Gasteiger partial charge on any atom is 0.231 e. The maximum absolute atomic E-state index is 4.45. The number of nitrogens with zero attached hydrogens (tertiary/aromatic N) is 2. The molecule has 0 bridgehead atoms. The molecule has 0 radical (unpaired) electrons. The fourth-order valence-corrected chi connectivity index (χ4v) is 2.30. The second kappa shape index (κ2) is 9.65. The van der Waals surface area contributed by atoms with Crippen LogP contribution in [0.15, 0.2) is 48.8 Å². The van der Waals surface area contributed by atoms with Crippen LogP contribution in [0.3, 0.4) is 0 Å². The third-order valence-electron chi connectivity index (χ3n) is 3.37. The van der Waals surface area contributed by atoms with Gasteiger partial charge in [-0.3, -0.25) is 0 Å². The minimum absolute atomic E-state index is 0. The molecule has 108 valence electrons. The summed E-state index contributed by atoms with van der Waals surface area (Å²) in [7, 11) is 0. The lowest BCUT2D eigenvalue weighted by Crippen LogP contribution is -3.00. The van der Waals surface area contributed by atoms with Crippen LogP contribution in [0.2, 0.25) is 0 Å². The van der Waals surface area contributed by atoms with Gasteiger partial charge in [0.1, 0.15) is 12.2 Å². The predicted molar refractivity (Wildman–Crippen MR) is 78.6 cm³/mol. The fourth-order valence-electron chi connectivity index (χ4n) is 2.30. The third kappa shape index (κ3) is 5.04. The molecular formula is C17H23BrN2. The number of rotatable bonds is 7. The SMILES string of the molecule is CCCCCCC[n+]1ccccc1-c1ccccn1.[Br-]. The fraction of sp³-hybridized carbons (Fsp3) is 0.412. The van der Waals surface area contributed by atoms with Crippen LogP contribution in [0.25, 0.3) is 11.4 Å².